The summed E-state index contributed by atoms with van der Waals surface area (Å²) < 4.78 is 25.8. The predicted octanol–water partition coefficient (Wildman–Crippen LogP) is 5.34. The van der Waals surface area contributed by atoms with E-state index in [1.807, 2.05) is 25.1 Å². The maximum atomic E-state index is 14.1. The zero-order chi connectivity index (χ0) is 25.8. The molecule has 1 unspecified atom stereocenters. The molecule has 0 bridgehead atoms. The van der Waals surface area contributed by atoms with E-state index < -0.39 is 27.8 Å². The Bertz CT molecular complexity index is 1430. The molecule has 36 heavy (non-hydrogen) atoms. The number of para-hydroxylation sites is 1. The number of hydrazone groups is 1. The van der Waals surface area contributed by atoms with Gasteiger partial charge in [-0.25, -0.2) is 9.82 Å². The van der Waals surface area contributed by atoms with Crippen LogP contribution in [0.15, 0.2) is 82.3 Å². The van der Waals surface area contributed by atoms with Crippen LogP contribution in [0, 0.1) is 15.9 Å². The summed E-state index contributed by atoms with van der Waals surface area (Å²) in [5.41, 5.74) is 7.22. The number of allylic oxidation sites excluding steroid dienone is 2. The SMILES string of the molecule is CC1=C(CC(=O)N/N=C/c2ccccc2[N+](=O)[O-])c2cc(F)ccc2/C1=C\c1ccc([S+](C)[O-])cc1. The number of rotatable bonds is 7. The second-order valence-corrected chi connectivity index (χ2v) is 9.54. The number of benzene rings is 3. The van der Waals surface area contributed by atoms with E-state index in [1.54, 1.807) is 36.6 Å². The lowest BCUT2D eigenvalue weighted by molar-refractivity contribution is -0.385. The Balaban J connectivity index is 1.58. The number of nitrogens with one attached hydrogen (secondary N) is 1. The van der Waals surface area contributed by atoms with Crippen LogP contribution in [0.5, 0.6) is 0 Å². The number of nitrogens with zero attached hydrogens (tertiary/aromatic N) is 2. The van der Waals surface area contributed by atoms with E-state index in [1.165, 1.54) is 30.5 Å². The topological polar surface area (TPSA) is 108 Å². The average molecular weight is 504 g/mol. The number of hydrogen-bond acceptors (Lipinski definition) is 5. The average Bonchev–Trinajstić information content (AvgIpc) is 3.09. The van der Waals surface area contributed by atoms with Gasteiger partial charge in [-0.2, -0.15) is 5.10 Å². The molecular weight excluding hydrogens is 481 g/mol. The van der Waals surface area contributed by atoms with Crippen molar-refractivity contribution in [1.29, 1.82) is 0 Å². The first-order chi connectivity index (χ1) is 17.2. The molecule has 3 aromatic rings. The summed E-state index contributed by atoms with van der Waals surface area (Å²) >= 11 is -1.08. The molecule has 1 N–H and O–H groups in total. The van der Waals surface area contributed by atoms with E-state index >= 15 is 0 Å². The zero-order valence-electron chi connectivity index (χ0n) is 19.5. The van der Waals surface area contributed by atoms with E-state index in [0.717, 1.165) is 27.2 Å². The van der Waals surface area contributed by atoms with Crippen molar-refractivity contribution < 1.29 is 18.7 Å². The van der Waals surface area contributed by atoms with Crippen molar-refractivity contribution in [2.45, 2.75) is 18.2 Å². The highest BCUT2D eigenvalue weighted by Crippen LogP contribution is 2.43. The van der Waals surface area contributed by atoms with Gasteiger partial charge in [-0.3, -0.25) is 14.9 Å². The van der Waals surface area contributed by atoms with Crippen molar-refractivity contribution in [1.82, 2.24) is 5.43 Å². The van der Waals surface area contributed by atoms with Crippen molar-refractivity contribution in [3.05, 3.63) is 110 Å². The van der Waals surface area contributed by atoms with Crippen molar-refractivity contribution in [2.24, 2.45) is 5.10 Å². The van der Waals surface area contributed by atoms with Crippen LogP contribution in [0.4, 0.5) is 10.1 Å². The van der Waals surface area contributed by atoms with E-state index in [-0.39, 0.29) is 17.7 Å². The van der Waals surface area contributed by atoms with Crippen molar-refractivity contribution in [3.63, 3.8) is 0 Å². The molecule has 1 atom stereocenters. The van der Waals surface area contributed by atoms with E-state index in [2.05, 4.69) is 10.5 Å². The van der Waals surface area contributed by atoms with Gasteiger partial charge in [-0.05, 0) is 100 Å². The van der Waals surface area contributed by atoms with Crippen LogP contribution < -0.4 is 5.43 Å². The fourth-order valence-electron chi connectivity index (χ4n) is 4.04. The third-order valence-corrected chi connectivity index (χ3v) is 6.78. The molecular formula is C27H22FN3O4S. The van der Waals surface area contributed by atoms with E-state index in [0.29, 0.717) is 11.1 Å². The van der Waals surface area contributed by atoms with Gasteiger partial charge in [0.05, 0.1) is 23.1 Å². The van der Waals surface area contributed by atoms with Gasteiger partial charge in [0.1, 0.15) is 12.1 Å². The van der Waals surface area contributed by atoms with Gasteiger partial charge < -0.3 is 4.55 Å². The third kappa shape index (κ3) is 5.42. The Morgan fingerprint density at radius 1 is 1.11 bits per heavy atom. The zero-order valence-corrected chi connectivity index (χ0v) is 20.3. The molecule has 1 aliphatic rings. The number of fused-ring (bicyclic) bond motifs is 1. The van der Waals surface area contributed by atoms with E-state index in [9.17, 15) is 23.9 Å². The van der Waals surface area contributed by atoms with Crippen LogP contribution in [0.1, 0.15) is 35.6 Å². The van der Waals surface area contributed by atoms with Gasteiger partial charge in [-0.1, -0.05) is 18.2 Å². The molecule has 0 aliphatic heterocycles. The second-order valence-electron chi connectivity index (χ2n) is 8.16. The lowest BCUT2D eigenvalue weighted by Gasteiger charge is -2.06. The van der Waals surface area contributed by atoms with Gasteiger partial charge in [-0.15, -0.1) is 0 Å². The number of carbonyl (C=O) groups is 1. The molecule has 0 fully saturated rings. The number of nitro groups is 1. The minimum Gasteiger partial charge on any atom is -0.612 e. The minimum absolute atomic E-state index is 0.0540. The van der Waals surface area contributed by atoms with Gasteiger partial charge in [0, 0.05) is 6.07 Å². The summed E-state index contributed by atoms with van der Waals surface area (Å²) in [5.74, 6) is -0.852. The Labute approximate surface area is 210 Å². The fourth-order valence-corrected chi connectivity index (χ4v) is 4.56. The molecule has 182 valence electrons. The van der Waals surface area contributed by atoms with Gasteiger partial charge >= 0.3 is 0 Å². The monoisotopic (exact) mass is 503 g/mol. The molecule has 9 heteroatoms. The lowest BCUT2D eigenvalue weighted by Crippen LogP contribution is -2.17. The normalized spacial score (nSPS) is 14.8. The molecule has 0 spiro atoms. The highest BCUT2D eigenvalue weighted by atomic mass is 32.2. The van der Waals surface area contributed by atoms with Crippen LogP contribution in [0.25, 0.3) is 17.2 Å². The first-order valence-electron chi connectivity index (χ1n) is 11.0. The summed E-state index contributed by atoms with van der Waals surface area (Å²) in [6.07, 6.45) is 4.73. The number of hydrogen-bond donors (Lipinski definition) is 1. The largest absolute Gasteiger partial charge is 0.612 e. The number of nitro benzene ring substituents is 1. The molecule has 3 aromatic carbocycles. The number of halogens is 1. The van der Waals surface area contributed by atoms with Gasteiger partial charge in [0.2, 0.25) is 5.91 Å². The van der Waals surface area contributed by atoms with E-state index in [4.69, 9.17) is 0 Å². The van der Waals surface area contributed by atoms with Crippen LogP contribution in [-0.4, -0.2) is 27.9 Å². The van der Waals surface area contributed by atoms with Crippen LogP contribution in [-0.2, 0) is 16.0 Å². The van der Waals surface area contributed by atoms with Crippen molar-refractivity contribution >= 4 is 46.2 Å². The predicted molar refractivity (Wildman–Crippen MR) is 139 cm³/mol. The van der Waals surface area contributed by atoms with Crippen molar-refractivity contribution in [3.8, 4) is 0 Å². The third-order valence-electron chi connectivity index (χ3n) is 5.84. The second kappa shape index (κ2) is 10.7. The van der Waals surface area contributed by atoms with Crippen LogP contribution in [0.3, 0.4) is 0 Å². The van der Waals surface area contributed by atoms with Gasteiger partial charge in [0.15, 0.2) is 4.90 Å². The molecule has 0 radical (unpaired) electrons. The number of carbonyl (C=O) groups excluding carboxylic acids is 1. The van der Waals surface area contributed by atoms with Crippen molar-refractivity contribution in [2.75, 3.05) is 6.26 Å². The first-order valence-corrected chi connectivity index (χ1v) is 12.5. The van der Waals surface area contributed by atoms with Crippen LogP contribution >= 0.6 is 0 Å². The molecule has 7 nitrogen and oxygen atoms in total. The molecule has 1 aliphatic carbocycles. The minimum atomic E-state index is -1.08. The maximum Gasteiger partial charge on any atom is 0.278 e. The molecule has 0 saturated carbocycles. The molecule has 1 amide bonds. The Kier molecular flexibility index (Phi) is 7.42. The van der Waals surface area contributed by atoms with Crippen LogP contribution in [0.2, 0.25) is 0 Å². The summed E-state index contributed by atoms with van der Waals surface area (Å²) in [6.45, 7) is 1.87. The fraction of sp³-hybridized carbons (Fsp3) is 0.111. The highest BCUT2D eigenvalue weighted by molar-refractivity contribution is 7.90. The molecule has 0 aromatic heterocycles. The maximum absolute atomic E-state index is 14.1. The quantitative estimate of drug-likeness (QED) is 0.203. The first kappa shape index (κ1) is 25.0. The molecule has 0 saturated heterocycles. The number of amides is 1. The standard InChI is InChI=1S/C27H22FN3O4S/c1-17-23(13-18-7-10-21(11-8-18)36(2)35)22-12-9-20(28)14-25(22)24(17)15-27(32)30-29-16-19-5-3-4-6-26(19)31(33)34/h3-14,16H,15H2,1-2H3,(H,30,32)/b23-13-,29-16+. The molecule has 0 heterocycles. The molecule has 4 rings (SSSR count). The Morgan fingerprint density at radius 2 is 1.83 bits per heavy atom. The smallest absolute Gasteiger partial charge is 0.278 e. The highest BCUT2D eigenvalue weighted by Gasteiger charge is 2.26. The summed E-state index contributed by atoms with van der Waals surface area (Å²) in [6, 6.07) is 17.9. The summed E-state index contributed by atoms with van der Waals surface area (Å²) in [7, 11) is 0. The van der Waals surface area contributed by atoms with Gasteiger partial charge in [0.25, 0.3) is 5.69 Å². The Morgan fingerprint density at radius 3 is 2.53 bits per heavy atom. The summed E-state index contributed by atoms with van der Waals surface area (Å²) in [5, 5.41) is 15.0. The lowest BCUT2D eigenvalue weighted by atomic mass is 10.0. The summed E-state index contributed by atoms with van der Waals surface area (Å²) in [4.78, 5) is 24.0. The Hall–Kier alpha value is -4.08.